The SMILES string of the molecule is CS(=O)(=O)N1CCOC(CNC(=O)Nc2cccc(-c3cnco3)c2)C1. The second-order valence-corrected chi connectivity index (χ2v) is 7.88. The molecule has 0 aliphatic carbocycles. The molecule has 0 bridgehead atoms. The molecule has 0 radical (unpaired) electrons. The van der Waals surface area contributed by atoms with Crippen LogP contribution < -0.4 is 10.6 Å². The van der Waals surface area contributed by atoms with Gasteiger partial charge in [0, 0.05) is 30.9 Å². The molecule has 1 aliphatic heterocycles. The first-order valence-electron chi connectivity index (χ1n) is 8.02. The molecular formula is C16H20N4O5S. The smallest absolute Gasteiger partial charge is 0.319 e. The summed E-state index contributed by atoms with van der Waals surface area (Å²) in [5, 5.41) is 5.42. The van der Waals surface area contributed by atoms with Crippen LogP contribution in [0.5, 0.6) is 0 Å². The average molecular weight is 380 g/mol. The molecule has 26 heavy (non-hydrogen) atoms. The number of aromatic nitrogens is 1. The fraction of sp³-hybridized carbons (Fsp3) is 0.375. The molecule has 1 saturated heterocycles. The Morgan fingerprint density at radius 2 is 2.27 bits per heavy atom. The maximum absolute atomic E-state index is 12.1. The van der Waals surface area contributed by atoms with Crippen molar-refractivity contribution in [3.05, 3.63) is 36.9 Å². The molecule has 0 spiro atoms. The molecule has 0 saturated carbocycles. The monoisotopic (exact) mass is 380 g/mol. The van der Waals surface area contributed by atoms with Gasteiger partial charge in [0.1, 0.15) is 0 Å². The first-order valence-corrected chi connectivity index (χ1v) is 9.87. The van der Waals surface area contributed by atoms with E-state index >= 15 is 0 Å². The van der Waals surface area contributed by atoms with Crippen molar-refractivity contribution in [3.63, 3.8) is 0 Å². The Bertz CT molecular complexity index is 853. The molecule has 140 valence electrons. The third-order valence-electron chi connectivity index (χ3n) is 3.90. The van der Waals surface area contributed by atoms with Gasteiger partial charge in [0.05, 0.1) is 25.2 Å². The lowest BCUT2D eigenvalue weighted by molar-refractivity contribution is 0.00167. The number of carbonyl (C=O) groups excluding carboxylic acids is 1. The van der Waals surface area contributed by atoms with Crippen molar-refractivity contribution >= 4 is 21.7 Å². The normalized spacial score (nSPS) is 18.4. The van der Waals surface area contributed by atoms with Gasteiger partial charge in [0.2, 0.25) is 10.0 Å². The van der Waals surface area contributed by atoms with E-state index in [4.69, 9.17) is 9.15 Å². The number of amides is 2. The minimum absolute atomic E-state index is 0.208. The van der Waals surface area contributed by atoms with Crippen LogP contribution in [-0.2, 0) is 14.8 Å². The maximum Gasteiger partial charge on any atom is 0.319 e. The number of carbonyl (C=O) groups is 1. The molecule has 1 aromatic carbocycles. The van der Waals surface area contributed by atoms with Gasteiger partial charge in [-0.1, -0.05) is 12.1 Å². The van der Waals surface area contributed by atoms with Crippen molar-refractivity contribution in [3.8, 4) is 11.3 Å². The first-order chi connectivity index (χ1) is 12.4. The molecule has 1 unspecified atom stereocenters. The summed E-state index contributed by atoms with van der Waals surface area (Å²) in [4.78, 5) is 16.0. The van der Waals surface area contributed by atoms with Crippen molar-refractivity contribution in [2.24, 2.45) is 0 Å². The highest BCUT2D eigenvalue weighted by Gasteiger charge is 2.26. The number of nitrogens with one attached hydrogen (secondary N) is 2. The molecule has 2 aromatic rings. The minimum atomic E-state index is -3.26. The number of rotatable bonds is 5. The van der Waals surface area contributed by atoms with Crippen LogP contribution in [-0.4, -0.2) is 62.3 Å². The lowest BCUT2D eigenvalue weighted by Crippen LogP contribution is -2.49. The van der Waals surface area contributed by atoms with E-state index in [1.807, 2.05) is 6.07 Å². The number of benzene rings is 1. The van der Waals surface area contributed by atoms with Crippen molar-refractivity contribution in [2.45, 2.75) is 6.10 Å². The molecule has 3 rings (SSSR count). The number of oxazole rings is 1. The lowest BCUT2D eigenvalue weighted by atomic mass is 10.1. The number of nitrogens with zero attached hydrogens (tertiary/aromatic N) is 2. The number of hydrogen-bond acceptors (Lipinski definition) is 6. The van der Waals surface area contributed by atoms with Gasteiger partial charge < -0.3 is 19.8 Å². The number of morpholine rings is 1. The van der Waals surface area contributed by atoms with Gasteiger partial charge in [0.15, 0.2) is 12.2 Å². The topological polar surface area (TPSA) is 114 Å². The zero-order chi connectivity index (χ0) is 18.6. The summed E-state index contributed by atoms with van der Waals surface area (Å²) >= 11 is 0. The van der Waals surface area contributed by atoms with Crippen LogP contribution >= 0.6 is 0 Å². The van der Waals surface area contributed by atoms with E-state index < -0.39 is 16.1 Å². The number of hydrogen-bond donors (Lipinski definition) is 2. The highest BCUT2D eigenvalue weighted by molar-refractivity contribution is 7.88. The predicted molar refractivity (Wildman–Crippen MR) is 95.1 cm³/mol. The Kier molecular flexibility index (Phi) is 5.55. The first kappa shape index (κ1) is 18.4. The molecule has 1 atom stereocenters. The van der Waals surface area contributed by atoms with Gasteiger partial charge in [0.25, 0.3) is 0 Å². The Balaban J connectivity index is 1.52. The fourth-order valence-electron chi connectivity index (χ4n) is 2.61. The third-order valence-corrected chi connectivity index (χ3v) is 5.17. The molecule has 2 N–H and O–H groups in total. The van der Waals surface area contributed by atoms with Gasteiger partial charge in [-0.3, -0.25) is 0 Å². The second kappa shape index (κ2) is 7.85. The van der Waals surface area contributed by atoms with E-state index in [9.17, 15) is 13.2 Å². The number of sulfonamides is 1. The summed E-state index contributed by atoms with van der Waals surface area (Å²) in [6, 6.07) is 6.76. The Labute approximate surface area is 151 Å². The van der Waals surface area contributed by atoms with E-state index in [0.29, 0.717) is 24.6 Å². The molecule has 1 aliphatic rings. The molecule has 9 nitrogen and oxygen atoms in total. The molecule has 1 fully saturated rings. The summed E-state index contributed by atoms with van der Waals surface area (Å²) in [6.07, 6.45) is 3.71. The lowest BCUT2D eigenvalue weighted by Gasteiger charge is -2.31. The quantitative estimate of drug-likeness (QED) is 0.804. The summed E-state index contributed by atoms with van der Waals surface area (Å²) < 4.78 is 35.3. The van der Waals surface area contributed by atoms with Crippen molar-refractivity contribution < 1.29 is 22.4 Å². The summed E-state index contributed by atoms with van der Waals surface area (Å²) in [7, 11) is -3.26. The van der Waals surface area contributed by atoms with E-state index in [1.54, 1.807) is 24.4 Å². The molecule has 10 heteroatoms. The van der Waals surface area contributed by atoms with E-state index in [2.05, 4.69) is 15.6 Å². The van der Waals surface area contributed by atoms with Gasteiger partial charge in [-0.15, -0.1) is 0 Å². The number of ether oxygens (including phenoxy) is 1. The average Bonchev–Trinajstić information content (AvgIpc) is 3.14. The molecular weight excluding hydrogens is 360 g/mol. The van der Waals surface area contributed by atoms with Crippen LogP contribution in [0.2, 0.25) is 0 Å². The van der Waals surface area contributed by atoms with Crippen molar-refractivity contribution in [1.82, 2.24) is 14.6 Å². The Morgan fingerprint density at radius 3 is 3.00 bits per heavy atom. The van der Waals surface area contributed by atoms with E-state index in [0.717, 1.165) is 11.8 Å². The molecule has 2 amide bonds. The third kappa shape index (κ3) is 4.81. The van der Waals surface area contributed by atoms with Crippen LogP contribution in [0.3, 0.4) is 0 Å². The molecule has 1 aromatic heterocycles. The summed E-state index contributed by atoms with van der Waals surface area (Å²) in [6.45, 7) is 1.07. The van der Waals surface area contributed by atoms with Gasteiger partial charge in [-0.25, -0.2) is 18.2 Å². The van der Waals surface area contributed by atoms with Crippen LogP contribution in [0.1, 0.15) is 0 Å². The zero-order valence-electron chi connectivity index (χ0n) is 14.2. The largest absolute Gasteiger partial charge is 0.444 e. The maximum atomic E-state index is 12.1. The van der Waals surface area contributed by atoms with Crippen molar-refractivity contribution in [2.75, 3.05) is 37.8 Å². The summed E-state index contributed by atoms with van der Waals surface area (Å²) in [5.74, 6) is 0.602. The zero-order valence-corrected chi connectivity index (χ0v) is 15.0. The van der Waals surface area contributed by atoms with Crippen LogP contribution in [0.25, 0.3) is 11.3 Å². The van der Waals surface area contributed by atoms with Gasteiger partial charge in [-0.2, -0.15) is 4.31 Å². The van der Waals surface area contributed by atoms with Crippen molar-refractivity contribution in [1.29, 1.82) is 0 Å². The fourth-order valence-corrected chi connectivity index (χ4v) is 3.45. The standard InChI is InChI=1S/C16H20N4O5S/c1-26(22,23)20-5-6-24-14(10-20)8-18-16(21)19-13-4-2-3-12(7-13)15-9-17-11-25-15/h2-4,7,9,11,14H,5-6,8,10H2,1H3,(H2,18,19,21). The second-order valence-electron chi connectivity index (χ2n) is 5.90. The van der Waals surface area contributed by atoms with Gasteiger partial charge in [-0.05, 0) is 12.1 Å². The van der Waals surface area contributed by atoms with E-state index in [-0.39, 0.29) is 19.2 Å². The number of urea groups is 1. The summed E-state index contributed by atoms with van der Waals surface area (Å²) in [5.41, 5.74) is 1.39. The number of anilines is 1. The predicted octanol–water partition coefficient (Wildman–Crippen LogP) is 1.12. The Morgan fingerprint density at radius 1 is 1.42 bits per heavy atom. The van der Waals surface area contributed by atoms with Crippen LogP contribution in [0.4, 0.5) is 10.5 Å². The van der Waals surface area contributed by atoms with Gasteiger partial charge >= 0.3 is 6.03 Å². The minimum Gasteiger partial charge on any atom is -0.444 e. The Hall–Kier alpha value is -2.43. The van der Waals surface area contributed by atoms with Crippen LogP contribution in [0, 0.1) is 0 Å². The van der Waals surface area contributed by atoms with Crippen LogP contribution in [0.15, 0.2) is 41.3 Å². The molecule has 2 heterocycles. The highest BCUT2D eigenvalue weighted by Crippen LogP contribution is 2.21. The van der Waals surface area contributed by atoms with E-state index in [1.165, 1.54) is 10.7 Å². The highest BCUT2D eigenvalue weighted by atomic mass is 32.2.